The number of carbonyl (C=O) groups excluding carboxylic acids is 1. The fourth-order valence-electron chi connectivity index (χ4n) is 2.13. The lowest BCUT2D eigenvalue weighted by atomic mass is 10.1. The number of thioether (sulfide) groups is 1. The third-order valence-corrected chi connectivity index (χ3v) is 4.85. The summed E-state index contributed by atoms with van der Waals surface area (Å²) >= 11 is 1.11. The highest BCUT2D eigenvalue weighted by Gasteiger charge is 2.28. The van der Waals surface area contributed by atoms with Crippen LogP contribution in [0.2, 0.25) is 0 Å². The van der Waals surface area contributed by atoms with E-state index in [1.54, 1.807) is 19.1 Å². The van der Waals surface area contributed by atoms with Crippen molar-refractivity contribution in [2.45, 2.75) is 30.3 Å². The van der Waals surface area contributed by atoms with E-state index in [0.29, 0.717) is 24.3 Å². The van der Waals surface area contributed by atoms with E-state index in [1.165, 1.54) is 7.11 Å². The van der Waals surface area contributed by atoms with Crippen LogP contribution < -0.4 is 9.47 Å². The molecule has 0 fully saturated rings. The van der Waals surface area contributed by atoms with Gasteiger partial charge in [0, 0.05) is 0 Å². The molecule has 1 aromatic carbocycles. The number of esters is 1. The van der Waals surface area contributed by atoms with E-state index in [-0.39, 0.29) is 6.79 Å². The van der Waals surface area contributed by atoms with Crippen LogP contribution in [0.15, 0.2) is 18.2 Å². The molecule has 7 heteroatoms. The molecule has 1 N–H and O–H groups in total. The van der Waals surface area contributed by atoms with E-state index in [0.717, 1.165) is 17.3 Å². The Kier molecular flexibility index (Phi) is 5.54. The molecule has 22 heavy (non-hydrogen) atoms. The molecule has 2 rings (SSSR count). The van der Waals surface area contributed by atoms with Crippen LogP contribution in [0.1, 0.15) is 18.9 Å². The van der Waals surface area contributed by atoms with Gasteiger partial charge in [0.05, 0.1) is 7.11 Å². The Labute approximate surface area is 132 Å². The van der Waals surface area contributed by atoms with E-state index < -0.39 is 22.4 Å². The molecule has 0 aliphatic carbocycles. The summed E-state index contributed by atoms with van der Waals surface area (Å²) in [5.41, 5.74) is 0.868. The molecule has 120 valence electrons. The number of ether oxygens (including phenoxy) is 3. The van der Waals surface area contributed by atoms with Crippen molar-refractivity contribution in [3.8, 4) is 11.5 Å². The molecule has 0 aromatic heterocycles. The van der Waals surface area contributed by atoms with Gasteiger partial charge in [0.25, 0.3) is 0 Å². The highest BCUT2D eigenvalue weighted by Crippen LogP contribution is 2.34. The zero-order valence-electron chi connectivity index (χ0n) is 12.4. The number of rotatable bonds is 7. The average molecular weight is 326 g/mol. The summed E-state index contributed by atoms with van der Waals surface area (Å²) in [6, 6.07) is 5.43. The van der Waals surface area contributed by atoms with Crippen LogP contribution in [-0.2, 0) is 20.7 Å². The fraction of sp³-hybridized carbons (Fsp3) is 0.467. The first kappa shape index (κ1) is 16.5. The maximum Gasteiger partial charge on any atom is 0.319 e. The van der Waals surface area contributed by atoms with Crippen LogP contribution in [0, 0.1) is 0 Å². The van der Waals surface area contributed by atoms with Crippen LogP contribution >= 0.6 is 11.8 Å². The van der Waals surface area contributed by atoms with Gasteiger partial charge in [-0.05, 0) is 30.5 Å². The molecule has 1 aliphatic heterocycles. The minimum atomic E-state index is -0.924. The molecule has 2 atom stereocenters. The minimum absolute atomic E-state index is 0.185. The quantitative estimate of drug-likeness (QED) is 0.768. The van der Waals surface area contributed by atoms with Gasteiger partial charge in [-0.1, -0.05) is 13.0 Å². The number of aliphatic carboxylic acids is 1. The summed E-state index contributed by atoms with van der Waals surface area (Å²) in [7, 11) is 1.30. The number of benzene rings is 1. The molecule has 0 saturated heterocycles. The third kappa shape index (κ3) is 3.85. The topological polar surface area (TPSA) is 82.1 Å². The van der Waals surface area contributed by atoms with Crippen LogP contribution in [-0.4, -0.2) is 41.4 Å². The van der Waals surface area contributed by atoms with Gasteiger partial charge in [-0.2, -0.15) is 0 Å². The van der Waals surface area contributed by atoms with Crippen LogP contribution in [0.3, 0.4) is 0 Å². The van der Waals surface area contributed by atoms with Crippen LogP contribution in [0.25, 0.3) is 0 Å². The highest BCUT2D eigenvalue weighted by molar-refractivity contribution is 8.01. The minimum Gasteiger partial charge on any atom is -0.480 e. The number of hydrogen-bond donors (Lipinski definition) is 1. The number of methoxy groups -OCH3 is 1. The van der Waals surface area contributed by atoms with Crippen LogP contribution in [0.5, 0.6) is 11.5 Å². The standard InChI is InChI=1S/C15H18O6S/c1-3-12(14(16)17)22-13(15(18)19-2)7-9-4-5-10-11(6-9)21-8-20-10/h4-6,12-13H,3,7-8H2,1-2H3,(H,16,17). The number of carboxylic acids is 1. The van der Waals surface area contributed by atoms with Crippen molar-refractivity contribution in [1.82, 2.24) is 0 Å². The number of hydrogen-bond acceptors (Lipinski definition) is 6. The number of carboxylic acid groups (broad SMARTS) is 1. The van der Waals surface area contributed by atoms with Crippen molar-refractivity contribution in [2.75, 3.05) is 13.9 Å². The van der Waals surface area contributed by atoms with Gasteiger partial charge in [-0.15, -0.1) is 11.8 Å². The predicted molar refractivity (Wildman–Crippen MR) is 81.4 cm³/mol. The number of fused-ring (bicyclic) bond motifs is 1. The Bertz CT molecular complexity index is 559. The molecule has 0 bridgehead atoms. The Morgan fingerprint density at radius 1 is 1.32 bits per heavy atom. The van der Waals surface area contributed by atoms with Crippen molar-refractivity contribution < 1.29 is 28.9 Å². The summed E-state index contributed by atoms with van der Waals surface area (Å²) < 4.78 is 15.3. The van der Waals surface area contributed by atoms with Crippen molar-refractivity contribution in [3.05, 3.63) is 23.8 Å². The van der Waals surface area contributed by atoms with Gasteiger partial charge in [0.15, 0.2) is 11.5 Å². The van der Waals surface area contributed by atoms with Crippen LogP contribution in [0.4, 0.5) is 0 Å². The van der Waals surface area contributed by atoms with E-state index in [9.17, 15) is 9.59 Å². The van der Waals surface area contributed by atoms with Gasteiger partial charge in [-0.25, -0.2) is 0 Å². The van der Waals surface area contributed by atoms with Gasteiger partial charge in [-0.3, -0.25) is 9.59 Å². The Morgan fingerprint density at radius 3 is 2.68 bits per heavy atom. The molecule has 1 heterocycles. The SMILES string of the molecule is CCC(SC(Cc1ccc2c(c1)OCO2)C(=O)OC)C(=O)O. The lowest BCUT2D eigenvalue weighted by Crippen LogP contribution is -2.27. The second kappa shape index (κ2) is 7.40. The predicted octanol–water partition coefficient (Wildman–Crippen LogP) is 2.10. The molecule has 1 aliphatic rings. The lowest BCUT2D eigenvalue weighted by Gasteiger charge is -2.18. The first-order chi connectivity index (χ1) is 10.5. The number of carbonyl (C=O) groups is 2. The molecule has 2 unspecified atom stereocenters. The Balaban J connectivity index is 2.12. The van der Waals surface area contributed by atoms with E-state index in [2.05, 4.69) is 0 Å². The Morgan fingerprint density at radius 2 is 2.05 bits per heavy atom. The van der Waals surface area contributed by atoms with Crippen molar-refractivity contribution in [3.63, 3.8) is 0 Å². The van der Waals surface area contributed by atoms with Crippen molar-refractivity contribution in [2.24, 2.45) is 0 Å². The third-order valence-electron chi connectivity index (χ3n) is 3.30. The van der Waals surface area contributed by atoms with E-state index in [4.69, 9.17) is 19.3 Å². The zero-order valence-corrected chi connectivity index (χ0v) is 13.2. The summed E-state index contributed by atoms with van der Waals surface area (Å²) in [6.07, 6.45) is 0.812. The van der Waals surface area contributed by atoms with E-state index in [1.807, 2.05) is 6.07 Å². The smallest absolute Gasteiger partial charge is 0.319 e. The average Bonchev–Trinajstić information content (AvgIpc) is 2.97. The molecule has 6 nitrogen and oxygen atoms in total. The highest BCUT2D eigenvalue weighted by atomic mass is 32.2. The molecule has 0 amide bonds. The van der Waals surface area contributed by atoms with Gasteiger partial charge >= 0.3 is 11.9 Å². The summed E-state index contributed by atoms with van der Waals surface area (Å²) in [4.78, 5) is 23.1. The van der Waals surface area contributed by atoms with Gasteiger partial charge in [0.2, 0.25) is 6.79 Å². The first-order valence-electron chi connectivity index (χ1n) is 6.89. The summed E-state index contributed by atoms with van der Waals surface area (Å²) in [5, 5.41) is 7.94. The zero-order chi connectivity index (χ0) is 16.1. The molecule has 0 saturated carbocycles. The van der Waals surface area contributed by atoms with Crippen molar-refractivity contribution in [1.29, 1.82) is 0 Å². The normalized spacial score (nSPS) is 15.2. The fourth-order valence-corrected chi connectivity index (χ4v) is 3.33. The summed E-state index contributed by atoms with van der Waals surface area (Å²) in [5.74, 6) is -0.0474. The maximum absolute atomic E-state index is 11.9. The Hall–Kier alpha value is -1.89. The molecular formula is C15H18O6S. The lowest BCUT2D eigenvalue weighted by molar-refractivity contribution is -0.139. The monoisotopic (exact) mass is 326 g/mol. The van der Waals surface area contributed by atoms with Crippen molar-refractivity contribution >= 4 is 23.7 Å². The van der Waals surface area contributed by atoms with Gasteiger partial charge < -0.3 is 19.3 Å². The second-order valence-electron chi connectivity index (χ2n) is 4.77. The second-order valence-corrected chi connectivity index (χ2v) is 6.18. The van der Waals surface area contributed by atoms with E-state index >= 15 is 0 Å². The summed E-state index contributed by atoms with van der Waals surface area (Å²) in [6.45, 7) is 1.96. The molecular weight excluding hydrogens is 308 g/mol. The molecule has 1 aromatic rings. The van der Waals surface area contributed by atoms with Gasteiger partial charge in [0.1, 0.15) is 10.5 Å². The first-order valence-corrected chi connectivity index (χ1v) is 7.84. The molecule has 0 radical (unpaired) electrons. The molecule has 0 spiro atoms. The maximum atomic E-state index is 11.9. The largest absolute Gasteiger partial charge is 0.480 e.